The van der Waals surface area contributed by atoms with E-state index in [1.54, 1.807) is 13.2 Å². The average molecular weight is 336 g/mol. The Morgan fingerprint density at radius 1 is 1.35 bits per heavy atom. The van der Waals surface area contributed by atoms with Gasteiger partial charge < -0.3 is 10.1 Å². The summed E-state index contributed by atoms with van der Waals surface area (Å²) in [6.07, 6.45) is -0.107. The van der Waals surface area contributed by atoms with Gasteiger partial charge in [0.05, 0.1) is 19.6 Å². The second-order valence-electron chi connectivity index (χ2n) is 5.41. The molecule has 2 aromatic rings. The first-order valence-corrected chi connectivity index (χ1v) is 7.67. The maximum Gasteiger partial charge on any atom is 0.225 e. The van der Waals surface area contributed by atoms with E-state index in [2.05, 4.69) is 5.32 Å². The first-order valence-electron chi connectivity index (χ1n) is 7.29. The summed E-state index contributed by atoms with van der Waals surface area (Å²) in [4.78, 5) is 12.2. The molecule has 0 aliphatic carbocycles. The summed E-state index contributed by atoms with van der Waals surface area (Å²) >= 11 is 5.96. The highest BCUT2D eigenvalue weighted by Crippen LogP contribution is 2.26. The Hall–Kier alpha value is -2.07. The Morgan fingerprint density at radius 2 is 2.09 bits per heavy atom. The second-order valence-corrected chi connectivity index (χ2v) is 5.82. The van der Waals surface area contributed by atoms with Gasteiger partial charge in [0.1, 0.15) is 11.6 Å². The minimum absolute atomic E-state index is 0.107. The number of carbonyl (C=O) groups is 1. The van der Waals surface area contributed by atoms with E-state index in [0.717, 1.165) is 11.1 Å². The van der Waals surface area contributed by atoms with Crippen molar-refractivity contribution < 1.29 is 13.9 Å². The third kappa shape index (κ3) is 4.23. The molecule has 1 atom stereocenters. The zero-order valence-electron chi connectivity index (χ0n) is 13.3. The van der Waals surface area contributed by atoms with Crippen LogP contribution < -0.4 is 10.1 Å². The zero-order chi connectivity index (χ0) is 17.0. The largest absolute Gasteiger partial charge is 0.496 e. The molecule has 122 valence electrons. The molecular weight excluding hydrogens is 317 g/mol. The smallest absolute Gasteiger partial charge is 0.225 e. The van der Waals surface area contributed by atoms with Crippen molar-refractivity contribution in [3.8, 4) is 5.75 Å². The molecule has 0 saturated carbocycles. The molecule has 5 heteroatoms. The third-order valence-corrected chi connectivity index (χ3v) is 3.98. The fourth-order valence-corrected chi connectivity index (χ4v) is 2.65. The van der Waals surface area contributed by atoms with Gasteiger partial charge in [-0.15, -0.1) is 0 Å². The van der Waals surface area contributed by atoms with E-state index in [0.29, 0.717) is 5.75 Å². The third-order valence-electron chi connectivity index (χ3n) is 3.63. The number of hydrogen-bond donors (Lipinski definition) is 1. The van der Waals surface area contributed by atoms with Crippen molar-refractivity contribution in [2.45, 2.75) is 26.3 Å². The van der Waals surface area contributed by atoms with Crippen molar-refractivity contribution in [1.29, 1.82) is 0 Å². The number of nitrogens with one attached hydrogen (secondary N) is 1. The van der Waals surface area contributed by atoms with Gasteiger partial charge in [0.2, 0.25) is 5.91 Å². The lowest BCUT2D eigenvalue weighted by Gasteiger charge is -2.18. The first-order chi connectivity index (χ1) is 10.9. The molecule has 2 aromatic carbocycles. The lowest BCUT2D eigenvalue weighted by atomic mass is 10.0. The summed E-state index contributed by atoms with van der Waals surface area (Å²) in [6.45, 7) is 3.83. The predicted molar refractivity (Wildman–Crippen MR) is 89.4 cm³/mol. The van der Waals surface area contributed by atoms with Crippen LogP contribution in [0, 0.1) is 12.7 Å². The van der Waals surface area contributed by atoms with Gasteiger partial charge in [0.25, 0.3) is 0 Å². The monoisotopic (exact) mass is 335 g/mol. The van der Waals surface area contributed by atoms with Crippen molar-refractivity contribution >= 4 is 17.5 Å². The van der Waals surface area contributed by atoms with Crippen LogP contribution in [0.2, 0.25) is 5.02 Å². The van der Waals surface area contributed by atoms with E-state index < -0.39 is 5.82 Å². The maximum atomic E-state index is 13.8. The molecule has 0 heterocycles. The topological polar surface area (TPSA) is 38.3 Å². The number of halogens is 2. The number of benzene rings is 2. The number of aryl methyl sites for hydroxylation is 1. The van der Waals surface area contributed by atoms with E-state index in [1.165, 1.54) is 12.1 Å². The fraction of sp³-hybridized carbons (Fsp3) is 0.278. The normalized spacial score (nSPS) is 11.9. The van der Waals surface area contributed by atoms with E-state index in [1.807, 2.05) is 32.0 Å². The molecule has 2 rings (SSSR count). The van der Waals surface area contributed by atoms with Crippen LogP contribution >= 0.6 is 11.6 Å². The van der Waals surface area contributed by atoms with Crippen molar-refractivity contribution in [3.05, 3.63) is 63.9 Å². The van der Waals surface area contributed by atoms with Gasteiger partial charge in [-0.3, -0.25) is 4.79 Å². The quantitative estimate of drug-likeness (QED) is 0.888. The predicted octanol–water partition coefficient (Wildman–Crippen LogP) is 4.22. The SMILES string of the molecule is COc1ccc(C)cc1C(C)NC(=O)Cc1c(F)cccc1Cl. The van der Waals surface area contributed by atoms with Crippen LogP contribution in [0.15, 0.2) is 36.4 Å². The Labute approximate surface area is 140 Å². The summed E-state index contributed by atoms with van der Waals surface area (Å²) < 4.78 is 19.1. The summed E-state index contributed by atoms with van der Waals surface area (Å²) in [6, 6.07) is 9.88. The number of methoxy groups -OCH3 is 1. The highest BCUT2D eigenvalue weighted by atomic mass is 35.5. The van der Waals surface area contributed by atoms with Crippen LogP contribution in [0.5, 0.6) is 5.75 Å². The molecule has 0 saturated heterocycles. The van der Waals surface area contributed by atoms with Crippen molar-refractivity contribution in [2.24, 2.45) is 0 Å². The molecule has 0 radical (unpaired) electrons. The molecule has 0 aliphatic rings. The van der Waals surface area contributed by atoms with E-state index in [-0.39, 0.29) is 29.0 Å². The van der Waals surface area contributed by atoms with Gasteiger partial charge in [-0.05, 0) is 32.0 Å². The van der Waals surface area contributed by atoms with Gasteiger partial charge >= 0.3 is 0 Å². The average Bonchev–Trinajstić information content (AvgIpc) is 2.51. The summed E-state index contributed by atoms with van der Waals surface area (Å²) in [5.41, 5.74) is 2.15. The maximum absolute atomic E-state index is 13.8. The number of hydrogen-bond acceptors (Lipinski definition) is 2. The zero-order valence-corrected chi connectivity index (χ0v) is 14.1. The Bertz CT molecular complexity index is 698. The van der Waals surface area contributed by atoms with Gasteiger partial charge in [-0.25, -0.2) is 4.39 Å². The summed E-state index contributed by atoms with van der Waals surface area (Å²) in [5, 5.41) is 3.11. The summed E-state index contributed by atoms with van der Waals surface area (Å²) in [5.74, 6) is -0.0752. The minimum Gasteiger partial charge on any atom is -0.496 e. The molecule has 23 heavy (non-hydrogen) atoms. The van der Waals surface area contributed by atoms with Gasteiger partial charge in [-0.1, -0.05) is 35.4 Å². The van der Waals surface area contributed by atoms with E-state index in [4.69, 9.17) is 16.3 Å². The fourth-order valence-electron chi connectivity index (χ4n) is 2.42. The minimum atomic E-state index is -0.478. The van der Waals surface area contributed by atoms with Crippen molar-refractivity contribution in [1.82, 2.24) is 5.32 Å². The van der Waals surface area contributed by atoms with Gasteiger partial charge in [0, 0.05) is 16.1 Å². The number of amides is 1. The molecular formula is C18H19ClFNO2. The molecule has 0 aromatic heterocycles. The second kappa shape index (κ2) is 7.47. The molecule has 3 nitrogen and oxygen atoms in total. The van der Waals surface area contributed by atoms with E-state index in [9.17, 15) is 9.18 Å². The van der Waals surface area contributed by atoms with Crippen LogP contribution in [-0.4, -0.2) is 13.0 Å². The van der Waals surface area contributed by atoms with Crippen LogP contribution in [0.25, 0.3) is 0 Å². The molecule has 0 bridgehead atoms. The standard InChI is InChI=1S/C18H19ClFNO2/c1-11-7-8-17(23-3)13(9-11)12(2)21-18(22)10-14-15(19)5-4-6-16(14)20/h4-9,12H,10H2,1-3H3,(H,21,22). The van der Waals surface area contributed by atoms with Gasteiger partial charge in [-0.2, -0.15) is 0 Å². The Kier molecular flexibility index (Phi) is 5.61. The Balaban J connectivity index is 2.13. The first kappa shape index (κ1) is 17.3. The van der Waals surface area contributed by atoms with Crippen molar-refractivity contribution in [2.75, 3.05) is 7.11 Å². The van der Waals surface area contributed by atoms with Gasteiger partial charge in [0.15, 0.2) is 0 Å². The lowest BCUT2D eigenvalue weighted by Crippen LogP contribution is -2.28. The van der Waals surface area contributed by atoms with E-state index >= 15 is 0 Å². The number of rotatable bonds is 5. The molecule has 0 fully saturated rings. The molecule has 1 amide bonds. The Morgan fingerprint density at radius 3 is 2.74 bits per heavy atom. The van der Waals surface area contributed by atoms with Crippen molar-refractivity contribution in [3.63, 3.8) is 0 Å². The van der Waals surface area contributed by atoms with Crippen LogP contribution in [0.4, 0.5) is 4.39 Å². The highest BCUT2D eigenvalue weighted by Gasteiger charge is 2.17. The number of carbonyl (C=O) groups excluding carboxylic acids is 1. The number of ether oxygens (including phenoxy) is 1. The van der Waals surface area contributed by atoms with Crippen LogP contribution in [0.1, 0.15) is 29.7 Å². The summed E-state index contributed by atoms with van der Waals surface area (Å²) in [7, 11) is 1.59. The van der Waals surface area contributed by atoms with Crippen LogP contribution in [0.3, 0.4) is 0 Å². The van der Waals surface area contributed by atoms with Crippen LogP contribution in [-0.2, 0) is 11.2 Å². The molecule has 0 aliphatic heterocycles. The molecule has 1 unspecified atom stereocenters. The molecule has 0 spiro atoms. The lowest BCUT2D eigenvalue weighted by molar-refractivity contribution is -0.121. The molecule has 1 N–H and O–H groups in total. The highest BCUT2D eigenvalue weighted by molar-refractivity contribution is 6.31.